The van der Waals surface area contributed by atoms with Crippen LogP contribution in [0.25, 0.3) is 0 Å². The molecule has 0 bridgehead atoms. The van der Waals surface area contributed by atoms with E-state index >= 15 is 0 Å². The highest BCUT2D eigenvalue weighted by Crippen LogP contribution is 2.23. The Labute approximate surface area is 130 Å². The maximum Gasteiger partial charge on any atom is 0.257 e. The van der Waals surface area contributed by atoms with Gasteiger partial charge < -0.3 is 14.7 Å². The van der Waals surface area contributed by atoms with Gasteiger partial charge in [-0.05, 0) is 30.2 Å². The van der Waals surface area contributed by atoms with Gasteiger partial charge in [-0.15, -0.1) is 0 Å². The monoisotopic (exact) mass is 297 g/mol. The normalized spacial score (nSPS) is 14.5. The standard InChI is InChI=1S/C18H19NO3/c1-13-6-2-3-7-14(13)12-22-17-9-5-4-8-16(17)18(21)19-10-15(20)11-19/h2-9,15,20H,10-12H2,1H3. The molecule has 1 aliphatic heterocycles. The van der Waals surface area contributed by atoms with Gasteiger partial charge in [-0.1, -0.05) is 36.4 Å². The molecule has 4 nitrogen and oxygen atoms in total. The number of aliphatic hydroxyl groups is 1. The number of amides is 1. The second-order valence-electron chi connectivity index (χ2n) is 5.58. The Morgan fingerprint density at radius 1 is 1.18 bits per heavy atom. The fraction of sp³-hybridized carbons (Fsp3) is 0.278. The summed E-state index contributed by atoms with van der Waals surface area (Å²) < 4.78 is 5.86. The highest BCUT2D eigenvalue weighted by molar-refractivity contribution is 5.97. The number of β-amino-alcohol motifs (C(OH)–C–C–N with tert-alkyl or cyclic N) is 1. The quantitative estimate of drug-likeness (QED) is 0.942. The number of carbonyl (C=O) groups is 1. The van der Waals surface area contributed by atoms with Gasteiger partial charge in [0.1, 0.15) is 12.4 Å². The molecule has 0 radical (unpaired) electrons. The minimum atomic E-state index is -0.399. The van der Waals surface area contributed by atoms with Crippen LogP contribution in [0, 0.1) is 6.92 Å². The number of hydrogen-bond acceptors (Lipinski definition) is 3. The van der Waals surface area contributed by atoms with Crippen LogP contribution in [0.3, 0.4) is 0 Å². The predicted molar refractivity (Wildman–Crippen MR) is 83.9 cm³/mol. The number of para-hydroxylation sites is 1. The molecular weight excluding hydrogens is 278 g/mol. The van der Waals surface area contributed by atoms with E-state index in [4.69, 9.17) is 4.74 Å². The SMILES string of the molecule is Cc1ccccc1COc1ccccc1C(=O)N1CC(O)C1. The third-order valence-corrected chi connectivity index (χ3v) is 3.91. The van der Waals surface area contributed by atoms with Crippen LogP contribution in [0.4, 0.5) is 0 Å². The molecular formula is C18H19NO3. The molecule has 0 aromatic heterocycles. The van der Waals surface area contributed by atoms with Crippen LogP contribution in [-0.4, -0.2) is 35.1 Å². The Morgan fingerprint density at radius 3 is 2.59 bits per heavy atom. The van der Waals surface area contributed by atoms with Crippen LogP contribution >= 0.6 is 0 Å². The Morgan fingerprint density at radius 2 is 1.86 bits per heavy atom. The molecule has 3 rings (SSSR count). The van der Waals surface area contributed by atoms with Gasteiger partial charge in [-0.25, -0.2) is 0 Å². The number of likely N-dealkylation sites (tertiary alicyclic amines) is 1. The van der Waals surface area contributed by atoms with Gasteiger partial charge >= 0.3 is 0 Å². The second-order valence-corrected chi connectivity index (χ2v) is 5.58. The van der Waals surface area contributed by atoms with E-state index in [1.165, 1.54) is 0 Å². The largest absolute Gasteiger partial charge is 0.488 e. The molecule has 0 atom stereocenters. The molecule has 1 fully saturated rings. The first kappa shape index (κ1) is 14.6. The van der Waals surface area contributed by atoms with Crippen molar-refractivity contribution in [1.82, 2.24) is 4.90 Å². The van der Waals surface area contributed by atoms with E-state index in [0.717, 1.165) is 11.1 Å². The van der Waals surface area contributed by atoms with Crippen molar-refractivity contribution < 1.29 is 14.6 Å². The van der Waals surface area contributed by atoms with Gasteiger partial charge in [-0.3, -0.25) is 4.79 Å². The van der Waals surface area contributed by atoms with Gasteiger partial charge in [0.2, 0.25) is 0 Å². The molecule has 2 aromatic carbocycles. The number of ether oxygens (including phenoxy) is 1. The summed E-state index contributed by atoms with van der Waals surface area (Å²) in [5.41, 5.74) is 2.81. The number of aliphatic hydroxyl groups excluding tert-OH is 1. The molecule has 4 heteroatoms. The summed E-state index contributed by atoms with van der Waals surface area (Å²) in [4.78, 5) is 14.0. The molecule has 0 spiro atoms. The fourth-order valence-corrected chi connectivity index (χ4v) is 2.49. The molecule has 1 N–H and O–H groups in total. The number of rotatable bonds is 4. The van der Waals surface area contributed by atoms with Gasteiger partial charge in [-0.2, -0.15) is 0 Å². The average Bonchev–Trinajstić information content (AvgIpc) is 2.51. The highest BCUT2D eigenvalue weighted by atomic mass is 16.5. The number of nitrogens with zero attached hydrogens (tertiary/aromatic N) is 1. The number of hydrogen-bond donors (Lipinski definition) is 1. The molecule has 1 saturated heterocycles. The minimum Gasteiger partial charge on any atom is -0.488 e. The Kier molecular flexibility index (Phi) is 4.11. The van der Waals surface area contributed by atoms with Crippen molar-refractivity contribution in [2.75, 3.05) is 13.1 Å². The Bertz CT molecular complexity index is 678. The molecule has 0 aliphatic carbocycles. The second kappa shape index (κ2) is 6.20. The number of benzene rings is 2. The van der Waals surface area contributed by atoms with Gasteiger partial charge in [0.15, 0.2) is 0 Å². The minimum absolute atomic E-state index is 0.0920. The summed E-state index contributed by atoms with van der Waals surface area (Å²) in [6.45, 7) is 3.26. The molecule has 0 unspecified atom stereocenters. The van der Waals surface area contributed by atoms with Gasteiger partial charge in [0, 0.05) is 13.1 Å². The molecule has 114 valence electrons. The van der Waals surface area contributed by atoms with Crippen molar-refractivity contribution in [3.63, 3.8) is 0 Å². The first-order valence-corrected chi connectivity index (χ1v) is 7.39. The van der Waals surface area contributed by atoms with Gasteiger partial charge in [0.05, 0.1) is 11.7 Å². The zero-order chi connectivity index (χ0) is 15.5. The van der Waals surface area contributed by atoms with E-state index in [1.807, 2.05) is 49.4 Å². The van der Waals surface area contributed by atoms with E-state index < -0.39 is 6.10 Å². The molecule has 1 amide bonds. The summed E-state index contributed by atoms with van der Waals surface area (Å²) in [7, 11) is 0. The van der Waals surface area contributed by atoms with Crippen molar-refractivity contribution in [3.05, 3.63) is 65.2 Å². The summed E-state index contributed by atoms with van der Waals surface area (Å²) >= 11 is 0. The summed E-state index contributed by atoms with van der Waals surface area (Å²) in [6.07, 6.45) is -0.399. The van der Waals surface area contributed by atoms with Crippen molar-refractivity contribution >= 4 is 5.91 Å². The average molecular weight is 297 g/mol. The van der Waals surface area contributed by atoms with Crippen molar-refractivity contribution in [2.24, 2.45) is 0 Å². The third kappa shape index (κ3) is 2.97. The van der Waals surface area contributed by atoms with Crippen LogP contribution in [0.1, 0.15) is 21.5 Å². The molecule has 1 heterocycles. The van der Waals surface area contributed by atoms with Crippen molar-refractivity contribution in [1.29, 1.82) is 0 Å². The predicted octanol–water partition coefficient (Wildman–Crippen LogP) is 2.39. The lowest BCUT2D eigenvalue weighted by Crippen LogP contribution is -2.53. The lowest BCUT2D eigenvalue weighted by Gasteiger charge is -2.36. The van der Waals surface area contributed by atoms with E-state index in [9.17, 15) is 9.90 Å². The smallest absolute Gasteiger partial charge is 0.257 e. The van der Waals surface area contributed by atoms with Crippen molar-refractivity contribution in [2.45, 2.75) is 19.6 Å². The van der Waals surface area contributed by atoms with Crippen molar-refractivity contribution in [3.8, 4) is 5.75 Å². The molecule has 2 aromatic rings. The number of aryl methyl sites for hydroxylation is 1. The van der Waals surface area contributed by atoms with E-state index in [-0.39, 0.29) is 5.91 Å². The Balaban J connectivity index is 1.74. The zero-order valence-electron chi connectivity index (χ0n) is 12.5. The summed E-state index contributed by atoms with van der Waals surface area (Å²) in [5.74, 6) is 0.489. The lowest BCUT2D eigenvalue weighted by atomic mass is 10.1. The van der Waals surface area contributed by atoms with Crippen LogP contribution in [0.5, 0.6) is 5.75 Å². The van der Waals surface area contributed by atoms with E-state index in [1.54, 1.807) is 11.0 Å². The molecule has 0 saturated carbocycles. The topological polar surface area (TPSA) is 49.8 Å². The maximum atomic E-state index is 12.4. The zero-order valence-corrected chi connectivity index (χ0v) is 12.5. The molecule has 22 heavy (non-hydrogen) atoms. The first-order chi connectivity index (χ1) is 10.6. The van der Waals surface area contributed by atoms with Crippen LogP contribution < -0.4 is 4.74 Å². The van der Waals surface area contributed by atoms with E-state index in [2.05, 4.69) is 0 Å². The summed E-state index contributed by atoms with van der Waals surface area (Å²) in [6, 6.07) is 15.3. The van der Waals surface area contributed by atoms with Crippen LogP contribution in [0.15, 0.2) is 48.5 Å². The third-order valence-electron chi connectivity index (χ3n) is 3.91. The fourth-order valence-electron chi connectivity index (χ4n) is 2.49. The first-order valence-electron chi connectivity index (χ1n) is 7.39. The lowest BCUT2D eigenvalue weighted by molar-refractivity contribution is 0.00563. The Hall–Kier alpha value is -2.33. The summed E-state index contributed by atoms with van der Waals surface area (Å²) in [5, 5.41) is 9.34. The van der Waals surface area contributed by atoms with Gasteiger partial charge in [0.25, 0.3) is 5.91 Å². The highest BCUT2D eigenvalue weighted by Gasteiger charge is 2.30. The van der Waals surface area contributed by atoms with E-state index in [0.29, 0.717) is 31.0 Å². The van der Waals surface area contributed by atoms with Crippen LogP contribution in [-0.2, 0) is 6.61 Å². The maximum absolute atomic E-state index is 12.4. The number of carbonyl (C=O) groups excluding carboxylic acids is 1. The van der Waals surface area contributed by atoms with Crippen LogP contribution in [0.2, 0.25) is 0 Å². The molecule has 1 aliphatic rings.